The predicted molar refractivity (Wildman–Crippen MR) is 70.4 cm³/mol. The van der Waals surface area contributed by atoms with E-state index in [1.807, 2.05) is 24.3 Å². The molecule has 2 aromatic rings. The number of rotatable bonds is 4. The zero-order chi connectivity index (χ0) is 13.7. The Labute approximate surface area is 111 Å². The van der Waals surface area contributed by atoms with Gasteiger partial charge >= 0.3 is 0 Å². The molecule has 1 aromatic heterocycles. The first-order valence-corrected chi connectivity index (χ1v) is 5.95. The Morgan fingerprint density at radius 2 is 2.21 bits per heavy atom. The number of hydrogen-bond donors (Lipinski definition) is 1. The van der Waals surface area contributed by atoms with Crippen molar-refractivity contribution in [2.45, 2.75) is 19.6 Å². The molecule has 1 atom stereocenters. The SMILES string of the molecule is C[C@H](O)c1cccc(OCc2ccnc(C#N)c2)c1. The Morgan fingerprint density at radius 1 is 1.37 bits per heavy atom. The molecule has 0 aliphatic carbocycles. The van der Waals surface area contributed by atoms with Gasteiger partial charge in [0.25, 0.3) is 0 Å². The monoisotopic (exact) mass is 254 g/mol. The van der Waals surface area contributed by atoms with Gasteiger partial charge in [-0.15, -0.1) is 0 Å². The van der Waals surface area contributed by atoms with Crippen LogP contribution in [0, 0.1) is 11.3 Å². The third-order valence-corrected chi connectivity index (χ3v) is 2.68. The molecule has 1 aromatic carbocycles. The second-order valence-corrected chi connectivity index (χ2v) is 4.20. The number of aliphatic hydroxyl groups is 1. The number of hydrogen-bond acceptors (Lipinski definition) is 4. The molecule has 0 aliphatic heterocycles. The van der Waals surface area contributed by atoms with Crippen molar-refractivity contribution in [3.8, 4) is 11.8 Å². The number of pyridine rings is 1. The lowest BCUT2D eigenvalue weighted by Crippen LogP contribution is -1.98. The zero-order valence-electron chi connectivity index (χ0n) is 10.6. The predicted octanol–water partition coefficient (Wildman–Crippen LogP) is 2.59. The maximum atomic E-state index is 9.50. The highest BCUT2D eigenvalue weighted by atomic mass is 16.5. The molecule has 0 bridgehead atoms. The molecule has 1 heterocycles. The average Bonchev–Trinajstić information content (AvgIpc) is 2.45. The smallest absolute Gasteiger partial charge is 0.140 e. The third kappa shape index (κ3) is 3.54. The van der Waals surface area contributed by atoms with Gasteiger partial charge in [0.2, 0.25) is 0 Å². The van der Waals surface area contributed by atoms with E-state index < -0.39 is 6.10 Å². The quantitative estimate of drug-likeness (QED) is 0.910. The fourth-order valence-corrected chi connectivity index (χ4v) is 1.66. The molecule has 4 heteroatoms. The summed E-state index contributed by atoms with van der Waals surface area (Å²) in [6, 6.07) is 12.8. The highest BCUT2D eigenvalue weighted by molar-refractivity contribution is 5.30. The van der Waals surface area contributed by atoms with Gasteiger partial charge in [-0.3, -0.25) is 0 Å². The molecule has 0 fully saturated rings. The van der Waals surface area contributed by atoms with Crippen LogP contribution in [0.15, 0.2) is 42.6 Å². The summed E-state index contributed by atoms with van der Waals surface area (Å²) in [4.78, 5) is 3.90. The van der Waals surface area contributed by atoms with Gasteiger partial charge in [-0.1, -0.05) is 12.1 Å². The normalized spacial score (nSPS) is 11.6. The highest BCUT2D eigenvalue weighted by Gasteiger charge is 2.03. The van der Waals surface area contributed by atoms with Crippen molar-refractivity contribution < 1.29 is 9.84 Å². The van der Waals surface area contributed by atoms with E-state index in [2.05, 4.69) is 4.98 Å². The number of aromatic nitrogens is 1. The van der Waals surface area contributed by atoms with Crippen LogP contribution < -0.4 is 4.74 Å². The molecule has 2 rings (SSSR count). The minimum absolute atomic E-state index is 0.362. The van der Waals surface area contributed by atoms with Crippen molar-refractivity contribution in [2.24, 2.45) is 0 Å². The van der Waals surface area contributed by atoms with Crippen LogP contribution in [0.5, 0.6) is 5.75 Å². The maximum absolute atomic E-state index is 9.50. The van der Waals surface area contributed by atoms with Gasteiger partial charge in [-0.05, 0) is 42.3 Å². The lowest BCUT2D eigenvalue weighted by Gasteiger charge is -2.09. The lowest BCUT2D eigenvalue weighted by atomic mass is 10.1. The molecule has 0 spiro atoms. The molecule has 0 radical (unpaired) electrons. The van der Waals surface area contributed by atoms with Crippen LogP contribution in [0.25, 0.3) is 0 Å². The van der Waals surface area contributed by atoms with Gasteiger partial charge in [0, 0.05) is 6.20 Å². The summed E-state index contributed by atoms with van der Waals surface area (Å²) in [6.45, 7) is 2.07. The number of nitriles is 1. The van der Waals surface area contributed by atoms with E-state index in [9.17, 15) is 5.11 Å². The molecular weight excluding hydrogens is 240 g/mol. The molecule has 19 heavy (non-hydrogen) atoms. The summed E-state index contributed by atoms with van der Waals surface area (Å²) < 4.78 is 5.63. The van der Waals surface area contributed by atoms with Gasteiger partial charge < -0.3 is 9.84 Å². The van der Waals surface area contributed by atoms with Crippen LogP contribution >= 0.6 is 0 Å². The van der Waals surface area contributed by atoms with Gasteiger partial charge in [0.05, 0.1) is 6.10 Å². The second kappa shape index (κ2) is 5.98. The van der Waals surface area contributed by atoms with Crippen molar-refractivity contribution >= 4 is 0 Å². The molecular formula is C15H14N2O2. The Hall–Kier alpha value is -2.38. The summed E-state index contributed by atoms with van der Waals surface area (Å²) in [5.41, 5.74) is 2.07. The Morgan fingerprint density at radius 3 is 2.95 bits per heavy atom. The summed E-state index contributed by atoms with van der Waals surface area (Å²) >= 11 is 0. The van der Waals surface area contributed by atoms with Crippen LogP contribution in [0.1, 0.15) is 29.8 Å². The fourth-order valence-electron chi connectivity index (χ4n) is 1.66. The first-order valence-electron chi connectivity index (χ1n) is 5.95. The second-order valence-electron chi connectivity index (χ2n) is 4.20. The molecule has 1 N–H and O–H groups in total. The lowest BCUT2D eigenvalue weighted by molar-refractivity contribution is 0.198. The van der Waals surface area contributed by atoms with E-state index in [0.717, 1.165) is 11.1 Å². The van der Waals surface area contributed by atoms with Crippen molar-refractivity contribution in [2.75, 3.05) is 0 Å². The number of nitrogens with zero attached hydrogens (tertiary/aromatic N) is 2. The molecule has 0 unspecified atom stereocenters. The topological polar surface area (TPSA) is 66.1 Å². The number of benzene rings is 1. The summed E-state index contributed by atoms with van der Waals surface area (Å²) in [6.07, 6.45) is 1.07. The summed E-state index contributed by atoms with van der Waals surface area (Å²) in [5.74, 6) is 0.689. The van der Waals surface area contributed by atoms with Crippen LogP contribution in [-0.2, 0) is 6.61 Å². The molecule has 0 aliphatic rings. The number of aliphatic hydroxyl groups excluding tert-OH is 1. The molecule has 0 saturated heterocycles. The average molecular weight is 254 g/mol. The van der Waals surface area contributed by atoms with Crippen molar-refractivity contribution in [3.63, 3.8) is 0 Å². The number of ether oxygens (including phenoxy) is 1. The van der Waals surface area contributed by atoms with E-state index in [-0.39, 0.29) is 0 Å². The van der Waals surface area contributed by atoms with Crippen LogP contribution in [-0.4, -0.2) is 10.1 Å². The summed E-state index contributed by atoms with van der Waals surface area (Å²) in [7, 11) is 0. The zero-order valence-corrected chi connectivity index (χ0v) is 10.6. The van der Waals surface area contributed by atoms with Crippen LogP contribution in [0.2, 0.25) is 0 Å². The van der Waals surface area contributed by atoms with Gasteiger partial charge in [-0.25, -0.2) is 4.98 Å². The van der Waals surface area contributed by atoms with Gasteiger partial charge in [0.15, 0.2) is 0 Å². The first kappa shape index (κ1) is 13.1. The molecule has 4 nitrogen and oxygen atoms in total. The van der Waals surface area contributed by atoms with Crippen LogP contribution in [0.4, 0.5) is 0 Å². The fraction of sp³-hybridized carbons (Fsp3) is 0.200. The molecule has 96 valence electrons. The van der Waals surface area contributed by atoms with Gasteiger partial charge in [-0.2, -0.15) is 5.26 Å². The van der Waals surface area contributed by atoms with E-state index in [0.29, 0.717) is 18.1 Å². The van der Waals surface area contributed by atoms with Crippen molar-refractivity contribution in [1.29, 1.82) is 5.26 Å². The summed E-state index contributed by atoms with van der Waals surface area (Å²) in [5, 5.41) is 18.3. The minimum Gasteiger partial charge on any atom is -0.489 e. The standard InChI is InChI=1S/C15H14N2O2/c1-11(18)13-3-2-4-15(8-13)19-10-12-5-6-17-14(7-12)9-16/h2-8,11,18H,10H2,1H3/t11-/m0/s1. The van der Waals surface area contributed by atoms with E-state index in [1.165, 1.54) is 0 Å². The van der Waals surface area contributed by atoms with E-state index in [4.69, 9.17) is 10.00 Å². The highest BCUT2D eigenvalue weighted by Crippen LogP contribution is 2.19. The van der Waals surface area contributed by atoms with Crippen molar-refractivity contribution in [1.82, 2.24) is 4.98 Å². The largest absolute Gasteiger partial charge is 0.489 e. The third-order valence-electron chi connectivity index (χ3n) is 2.68. The molecule has 0 saturated carbocycles. The van der Waals surface area contributed by atoms with Crippen LogP contribution in [0.3, 0.4) is 0 Å². The van der Waals surface area contributed by atoms with E-state index >= 15 is 0 Å². The Balaban J connectivity index is 2.06. The Kier molecular flexibility index (Phi) is 4.11. The minimum atomic E-state index is -0.519. The Bertz CT molecular complexity index is 603. The van der Waals surface area contributed by atoms with E-state index in [1.54, 1.807) is 31.3 Å². The first-order chi connectivity index (χ1) is 9.19. The maximum Gasteiger partial charge on any atom is 0.140 e. The molecule has 0 amide bonds. The van der Waals surface area contributed by atoms with Gasteiger partial charge in [0.1, 0.15) is 24.1 Å². The van der Waals surface area contributed by atoms with Crippen molar-refractivity contribution in [3.05, 3.63) is 59.4 Å².